The number of ketones is 1. The zero-order valence-corrected chi connectivity index (χ0v) is 11.8. The fraction of sp³-hybridized carbons (Fsp3) is 0.588. The summed E-state index contributed by atoms with van der Waals surface area (Å²) < 4.78 is 0. The molecular formula is C17H24O. The molecule has 0 radical (unpaired) electrons. The van der Waals surface area contributed by atoms with Gasteiger partial charge in [-0.15, -0.1) is 0 Å². The monoisotopic (exact) mass is 244 g/mol. The topological polar surface area (TPSA) is 17.1 Å². The van der Waals surface area contributed by atoms with Gasteiger partial charge in [0.2, 0.25) is 0 Å². The summed E-state index contributed by atoms with van der Waals surface area (Å²) in [5.41, 5.74) is 2.69. The zero-order valence-electron chi connectivity index (χ0n) is 11.8. The van der Waals surface area contributed by atoms with Gasteiger partial charge in [0.15, 0.2) is 0 Å². The molecule has 1 fully saturated rings. The van der Waals surface area contributed by atoms with E-state index in [9.17, 15) is 4.79 Å². The van der Waals surface area contributed by atoms with E-state index in [1.807, 2.05) is 0 Å². The Morgan fingerprint density at radius 3 is 2.50 bits per heavy atom. The molecule has 0 spiro atoms. The first-order chi connectivity index (χ1) is 8.56. The summed E-state index contributed by atoms with van der Waals surface area (Å²) in [6, 6.07) is 8.80. The molecule has 1 nitrogen and oxygen atoms in total. The minimum absolute atomic E-state index is 0.263. The minimum Gasteiger partial charge on any atom is -0.299 e. The molecule has 98 valence electrons. The van der Waals surface area contributed by atoms with E-state index in [1.54, 1.807) is 0 Å². The van der Waals surface area contributed by atoms with E-state index >= 15 is 0 Å². The zero-order chi connectivity index (χ0) is 13.1. The highest BCUT2D eigenvalue weighted by Crippen LogP contribution is 2.28. The van der Waals surface area contributed by atoms with Gasteiger partial charge in [0, 0.05) is 12.3 Å². The Bertz CT molecular complexity index is 402. The molecule has 1 aromatic carbocycles. The first-order valence-corrected chi connectivity index (χ1v) is 7.17. The van der Waals surface area contributed by atoms with Crippen LogP contribution in [0.15, 0.2) is 24.3 Å². The van der Waals surface area contributed by atoms with E-state index in [0.29, 0.717) is 17.6 Å². The van der Waals surface area contributed by atoms with Gasteiger partial charge in [-0.05, 0) is 42.2 Å². The highest BCUT2D eigenvalue weighted by Gasteiger charge is 2.26. The number of carbonyl (C=O) groups excluding carboxylic acids is 1. The van der Waals surface area contributed by atoms with E-state index in [4.69, 9.17) is 0 Å². The van der Waals surface area contributed by atoms with Crippen molar-refractivity contribution in [1.29, 1.82) is 0 Å². The summed E-state index contributed by atoms with van der Waals surface area (Å²) in [5, 5.41) is 0. The summed E-state index contributed by atoms with van der Waals surface area (Å²) >= 11 is 0. The van der Waals surface area contributed by atoms with Crippen LogP contribution < -0.4 is 0 Å². The molecule has 1 saturated carbocycles. The highest BCUT2D eigenvalue weighted by atomic mass is 16.1. The lowest BCUT2D eigenvalue weighted by atomic mass is 9.78. The van der Waals surface area contributed by atoms with Crippen LogP contribution in [0.4, 0.5) is 0 Å². The molecule has 1 aliphatic carbocycles. The molecule has 18 heavy (non-hydrogen) atoms. The van der Waals surface area contributed by atoms with Crippen molar-refractivity contribution in [2.45, 2.75) is 52.4 Å². The van der Waals surface area contributed by atoms with Crippen molar-refractivity contribution < 1.29 is 4.79 Å². The number of Topliss-reactive ketones (excluding diaryl/α,β-unsaturated/α-hetero) is 1. The Morgan fingerprint density at radius 1 is 1.22 bits per heavy atom. The van der Waals surface area contributed by atoms with Crippen molar-refractivity contribution in [2.24, 2.45) is 11.8 Å². The molecule has 0 aromatic heterocycles. The van der Waals surface area contributed by atoms with Crippen LogP contribution in [0.1, 0.15) is 57.1 Å². The molecule has 1 aromatic rings. The average molecular weight is 244 g/mol. The van der Waals surface area contributed by atoms with Crippen LogP contribution in [-0.4, -0.2) is 5.78 Å². The van der Waals surface area contributed by atoms with Crippen molar-refractivity contribution in [3.8, 4) is 0 Å². The number of hydrogen-bond acceptors (Lipinski definition) is 1. The number of benzene rings is 1. The van der Waals surface area contributed by atoms with E-state index in [-0.39, 0.29) is 5.92 Å². The van der Waals surface area contributed by atoms with Crippen molar-refractivity contribution in [3.63, 3.8) is 0 Å². The highest BCUT2D eigenvalue weighted by molar-refractivity contribution is 5.82. The quantitative estimate of drug-likeness (QED) is 0.772. The molecule has 0 aliphatic heterocycles. The first kappa shape index (κ1) is 13.3. The maximum absolute atomic E-state index is 11.9. The third kappa shape index (κ3) is 3.22. The molecule has 2 atom stereocenters. The van der Waals surface area contributed by atoms with Gasteiger partial charge in [-0.3, -0.25) is 4.79 Å². The predicted octanol–water partition coefficient (Wildman–Crippen LogP) is 4.36. The molecule has 2 rings (SSSR count). The third-order valence-electron chi connectivity index (χ3n) is 4.15. The van der Waals surface area contributed by atoms with E-state index in [0.717, 1.165) is 25.7 Å². The lowest BCUT2D eigenvalue weighted by Crippen LogP contribution is -2.25. The molecule has 0 heterocycles. The van der Waals surface area contributed by atoms with Crippen molar-refractivity contribution >= 4 is 5.78 Å². The molecule has 0 amide bonds. The van der Waals surface area contributed by atoms with Crippen molar-refractivity contribution in [2.75, 3.05) is 0 Å². The SMILES string of the molecule is CC1CCC(=O)C(Cc2ccc(C(C)C)cc2)C1. The van der Waals surface area contributed by atoms with Crippen LogP contribution >= 0.6 is 0 Å². The second-order valence-corrected chi connectivity index (χ2v) is 6.14. The number of carbonyl (C=O) groups is 1. The van der Waals surface area contributed by atoms with Gasteiger partial charge in [0.25, 0.3) is 0 Å². The second kappa shape index (κ2) is 5.69. The second-order valence-electron chi connectivity index (χ2n) is 6.14. The third-order valence-corrected chi connectivity index (χ3v) is 4.15. The van der Waals surface area contributed by atoms with Crippen LogP contribution in [0.25, 0.3) is 0 Å². The maximum Gasteiger partial charge on any atom is 0.136 e. The Balaban J connectivity index is 2.02. The molecule has 1 aliphatic rings. The van der Waals surface area contributed by atoms with Gasteiger partial charge < -0.3 is 0 Å². The van der Waals surface area contributed by atoms with E-state index < -0.39 is 0 Å². The summed E-state index contributed by atoms with van der Waals surface area (Å²) in [6.45, 7) is 6.68. The van der Waals surface area contributed by atoms with E-state index in [1.165, 1.54) is 11.1 Å². The predicted molar refractivity (Wildman–Crippen MR) is 75.7 cm³/mol. The Labute approximate surface area is 111 Å². The van der Waals surface area contributed by atoms with Crippen LogP contribution in [0, 0.1) is 11.8 Å². The Morgan fingerprint density at radius 2 is 1.89 bits per heavy atom. The average Bonchev–Trinajstić information content (AvgIpc) is 2.34. The first-order valence-electron chi connectivity index (χ1n) is 7.17. The summed E-state index contributed by atoms with van der Waals surface area (Å²) in [5.74, 6) is 2.03. The lowest BCUT2D eigenvalue weighted by molar-refractivity contribution is -0.125. The smallest absolute Gasteiger partial charge is 0.136 e. The van der Waals surface area contributed by atoms with Crippen LogP contribution in [0.2, 0.25) is 0 Å². The fourth-order valence-corrected chi connectivity index (χ4v) is 2.85. The Kier molecular flexibility index (Phi) is 4.21. The number of hydrogen-bond donors (Lipinski definition) is 0. The molecule has 2 unspecified atom stereocenters. The molecule has 1 heteroatoms. The normalized spacial score (nSPS) is 24.6. The van der Waals surface area contributed by atoms with Crippen LogP contribution in [0.5, 0.6) is 0 Å². The van der Waals surface area contributed by atoms with Gasteiger partial charge in [-0.25, -0.2) is 0 Å². The molecular weight excluding hydrogens is 220 g/mol. The molecule has 0 saturated heterocycles. The lowest BCUT2D eigenvalue weighted by Gasteiger charge is -2.25. The van der Waals surface area contributed by atoms with Crippen LogP contribution in [-0.2, 0) is 11.2 Å². The largest absolute Gasteiger partial charge is 0.299 e. The fourth-order valence-electron chi connectivity index (χ4n) is 2.85. The van der Waals surface area contributed by atoms with Crippen molar-refractivity contribution in [1.82, 2.24) is 0 Å². The minimum atomic E-state index is 0.263. The Hall–Kier alpha value is -1.11. The molecule has 0 N–H and O–H groups in total. The van der Waals surface area contributed by atoms with Crippen LogP contribution in [0.3, 0.4) is 0 Å². The van der Waals surface area contributed by atoms with E-state index in [2.05, 4.69) is 45.0 Å². The van der Waals surface area contributed by atoms with Gasteiger partial charge >= 0.3 is 0 Å². The van der Waals surface area contributed by atoms with Gasteiger partial charge in [-0.1, -0.05) is 45.0 Å². The van der Waals surface area contributed by atoms with Crippen molar-refractivity contribution in [3.05, 3.63) is 35.4 Å². The summed E-state index contributed by atoms with van der Waals surface area (Å²) in [4.78, 5) is 11.9. The van der Waals surface area contributed by atoms with Gasteiger partial charge in [0.05, 0.1) is 0 Å². The maximum atomic E-state index is 11.9. The molecule has 0 bridgehead atoms. The standard InChI is InChI=1S/C17H24O/c1-12(2)15-7-5-14(6-8-15)11-16-10-13(3)4-9-17(16)18/h5-8,12-13,16H,4,9-11H2,1-3H3. The van der Waals surface area contributed by atoms with Gasteiger partial charge in [0.1, 0.15) is 5.78 Å². The number of rotatable bonds is 3. The van der Waals surface area contributed by atoms with Gasteiger partial charge in [-0.2, -0.15) is 0 Å². The summed E-state index contributed by atoms with van der Waals surface area (Å²) in [6.07, 6.45) is 3.88. The summed E-state index contributed by atoms with van der Waals surface area (Å²) in [7, 11) is 0.